The maximum Gasteiger partial charge on any atom is 0.0737 e. The zero-order valence-corrected chi connectivity index (χ0v) is 12.2. The Bertz CT molecular complexity index is 433. The Hall–Kier alpha value is -0.930. The van der Waals surface area contributed by atoms with Gasteiger partial charge in [-0.15, -0.1) is 0 Å². The van der Waals surface area contributed by atoms with Crippen molar-refractivity contribution in [2.45, 2.75) is 45.8 Å². The molecule has 0 radical (unpaired) electrons. The van der Waals surface area contributed by atoms with Gasteiger partial charge in [-0.1, -0.05) is 20.8 Å². The second-order valence-electron chi connectivity index (χ2n) is 6.38. The molecule has 0 spiro atoms. The summed E-state index contributed by atoms with van der Waals surface area (Å²) in [5, 5.41) is 0. The number of fused-ring (bicyclic) bond motifs is 1. The van der Waals surface area contributed by atoms with Crippen LogP contribution in [0.25, 0.3) is 0 Å². The average molecular weight is 248 g/mol. The number of rotatable bonds is 2. The lowest BCUT2D eigenvalue weighted by molar-refractivity contribution is 0.107. The van der Waals surface area contributed by atoms with Gasteiger partial charge in [-0.05, 0) is 25.7 Å². The third-order valence-electron chi connectivity index (χ3n) is 3.29. The lowest BCUT2D eigenvalue weighted by Crippen LogP contribution is -2.23. The molecule has 0 unspecified atom stereocenters. The normalized spacial score (nSPS) is 15.9. The van der Waals surface area contributed by atoms with Crippen LogP contribution in [0.5, 0.6) is 0 Å². The predicted octanol–water partition coefficient (Wildman–Crippen LogP) is 2.51. The van der Waals surface area contributed by atoms with Crippen LogP contribution < -0.4 is 0 Å². The molecule has 0 fully saturated rings. The summed E-state index contributed by atoms with van der Waals surface area (Å²) in [4.78, 5) is 7.06. The van der Waals surface area contributed by atoms with E-state index in [-0.39, 0.29) is 5.41 Å². The molecule has 0 saturated carbocycles. The Morgan fingerprint density at radius 1 is 1.33 bits per heavy atom. The van der Waals surface area contributed by atoms with Crippen molar-refractivity contribution >= 4 is 0 Å². The van der Waals surface area contributed by atoms with Crippen LogP contribution in [-0.2, 0) is 29.7 Å². The van der Waals surface area contributed by atoms with E-state index >= 15 is 0 Å². The highest BCUT2D eigenvalue weighted by atomic mass is 16.5. The monoisotopic (exact) mass is 248 g/mol. The number of hydrogen-bond acceptors (Lipinski definition) is 3. The SMILES string of the molecule is CN(C)Cc1cc(C(C)(C)C)nc2c1COCC2. The molecular formula is C15H24N2O. The smallest absolute Gasteiger partial charge is 0.0737 e. The molecule has 2 rings (SSSR count). The van der Waals surface area contributed by atoms with Crippen LogP contribution in [0.3, 0.4) is 0 Å². The van der Waals surface area contributed by atoms with Crippen molar-refractivity contribution in [2.24, 2.45) is 0 Å². The second-order valence-corrected chi connectivity index (χ2v) is 6.38. The zero-order valence-electron chi connectivity index (χ0n) is 12.2. The molecule has 0 N–H and O–H groups in total. The molecule has 0 saturated heterocycles. The molecule has 0 aliphatic carbocycles. The molecule has 1 aromatic rings. The molecule has 18 heavy (non-hydrogen) atoms. The lowest BCUT2D eigenvalue weighted by Gasteiger charge is -2.26. The fourth-order valence-corrected chi connectivity index (χ4v) is 2.27. The molecule has 3 nitrogen and oxygen atoms in total. The summed E-state index contributed by atoms with van der Waals surface area (Å²) in [6.45, 7) is 9.14. The third kappa shape index (κ3) is 2.90. The van der Waals surface area contributed by atoms with E-state index < -0.39 is 0 Å². The van der Waals surface area contributed by atoms with E-state index in [4.69, 9.17) is 9.72 Å². The molecule has 0 atom stereocenters. The van der Waals surface area contributed by atoms with Gasteiger partial charge in [0.15, 0.2) is 0 Å². The molecule has 0 amide bonds. The summed E-state index contributed by atoms with van der Waals surface area (Å²) < 4.78 is 5.59. The molecule has 3 heteroatoms. The minimum atomic E-state index is 0.106. The van der Waals surface area contributed by atoms with Crippen molar-refractivity contribution < 1.29 is 4.74 Å². The first kappa shape index (κ1) is 13.5. The van der Waals surface area contributed by atoms with Gasteiger partial charge in [0, 0.05) is 35.3 Å². The van der Waals surface area contributed by atoms with Crippen molar-refractivity contribution in [3.8, 4) is 0 Å². The Morgan fingerprint density at radius 2 is 2.06 bits per heavy atom. The lowest BCUT2D eigenvalue weighted by atomic mass is 9.88. The van der Waals surface area contributed by atoms with Crippen LogP contribution in [0.4, 0.5) is 0 Å². The van der Waals surface area contributed by atoms with Gasteiger partial charge in [0.25, 0.3) is 0 Å². The summed E-state index contributed by atoms with van der Waals surface area (Å²) in [5.41, 5.74) is 5.22. The van der Waals surface area contributed by atoms with Crippen LogP contribution in [0.2, 0.25) is 0 Å². The summed E-state index contributed by atoms with van der Waals surface area (Å²) in [7, 11) is 4.21. The van der Waals surface area contributed by atoms with Gasteiger partial charge >= 0.3 is 0 Å². The Balaban J connectivity index is 2.48. The second kappa shape index (κ2) is 4.98. The number of ether oxygens (including phenoxy) is 1. The first-order valence-electron chi connectivity index (χ1n) is 6.62. The van der Waals surface area contributed by atoms with Gasteiger partial charge in [0.2, 0.25) is 0 Å². The summed E-state index contributed by atoms with van der Waals surface area (Å²) in [6.07, 6.45) is 0.944. The van der Waals surface area contributed by atoms with Crippen molar-refractivity contribution in [2.75, 3.05) is 20.7 Å². The molecule has 100 valence electrons. The van der Waals surface area contributed by atoms with Gasteiger partial charge in [0.1, 0.15) is 0 Å². The highest BCUT2D eigenvalue weighted by molar-refractivity contribution is 5.35. The van der Waals surface area contributed by atoms with E-state index in [0.29, 0.717) is 0 Å². The van der Waals surface area contributed by atoms with Gasteiger partial charge in [-0.3, -0.25) is 4.98 Å². The molecule has 2 heterocycles. The molecule has 1 aromatic heterocycles. The van der Waals surface area contributed by atoms with E-state index in [0.717, 1.165) is 26.2 Å². The quantitative estimate of drug-likeness (QED) is 0.804. The average Bonchev–Trinajstić information content (AvgIpc) is 2.27. The Labute approximate surface area is 110 Å². The summed E-state index contributed by atoms with van der Waals surface area (Å²) in [6, 6.07) is 2.26. The standard InChI is InChI=1S/C15H24N2O/c1-15(2,3)14-8-11(9-17(4)5)12-10-18-7-6-13(12)16-14/h8H,6-7,9-10H2,1-5H3. The maximum absolute atomic E-state index is 5.59. The van der Waals surface area contributed by atoms with Crippen LogP contribution >= 0.6 is 0 Å². The minimum absolute atomic E-state index is 0.106. The molecule has 0 bridgehead atoms. The molecule has 0 aromatic carbocycles. The fourth-order valence-electron chi connectivity index (χ4n) is 2.27. The Kier molecular flexibility index (Phi) is 3.74. The molecule has 1 aliphatic rings. The van der Waals surface area contributed by atoms with Crippen LogP contribution in [-0.4, -0.2) is 30.6 Å². The highest BCUT2D eigenvalue weighted by Crippen LogP contribution is 2.27. The summed E-state index contributed by atoms with van der Waals surface area (Å²) in [5.74, 6) is 0. The Morgan fingerprint density at radius 3 is 2.67 bits per heavy atom. The third-order valence-corrected chi connectivity index (χ3v) is 3.29. The van der Waals surface area contributed by atoms with E-state index in [1.807, 2.05) is 0 Å². The minimum Gasteiger partial charge on any atom is -0.376 e. The van der Waals surface area contributed by atoms with Crippen molar-refractivity contribution in [3.05, 3.63) is 28.6 Å². The predicted molar refractivity (Wildman–Crippen MR) is 73.7 cm³/mol. The van der Waals surface area contributed by atoms with Gasteiger partial charge in [-0.25, -0.2) is 0 Å². The topological polar surface area (TPSA) is 25.4 Å². The summed E-state index contributed by atoms with van der Waals surface area (Å²) >= 11 is 0. The number of pyridine rings is 1. The molecule has 1 aliphatic heterocycles. The van der Waals surface area contributed by atoms with Gasteiger partial charge in [0.05, 0.1) is 13.2 Å². The first-order chi connectivity index (χ1) is 8.38. The van der Waals surface area contributed by atoms with E-state index in [2.05, 4.69) is 45.8 Å². The van der Waals surface area contributed by atoms with Gasteiger partial charge < -0.3 is 9.64 Å². The van der Waals surface area contributed by atoms with Crippen molar-refractivity contribution in [1.82, 2.24) is 9.88 Å². The fraction of sp³-hybridized carbons (Fsp3) is 0.667. The van der Waals surface area contributed by atoms with E-state index in [1.54, 1.807) is 0 Å². The van der Waals surface area contributed by atoms with Gasteiger partial charge in [-0.2, -0.15) is 0 Å². The van der Waals surface area contributed by atoms with Crippen molar-refractivity contribution in [3.63, 3.8) is 0 Å². The number of hydrogen-bond donors (Lipinski definition) is 0. The number of nitrogens with zero attached hydrogens (tertiary/aromatic N) is 2. The first-order valence-corrected chi connectivity index (χ1v) is 6.62. The number of aromatic nitrogens is 1. The highest BCUT2D eigenvalue weighted by Gasteiger charge is 2.22. The zero-order chi connectivity index (χ0) is 13.3. The van der Waals surface area contributed by atoms with Crippen LogP contribution in [0.15, 0.2) is 6.07 Å². The molecular weight excluding hydrogens is 224 g/mol. The van der Waals surface area contributed by atoms with Crippen LogP contribution in [0.1, 0.15) is 43.3 Å². The van der Waals surface area contributed by atoms with E-state index in [9.17, 15) is 0 Å². The van der Waals surface area contributed by atoms with E-state index in [1.165, 1.54) is 22.5 Å². The van der Waals surface area contributed by atoms with Crippen LogP contribution in [0, 0.1) is 0 Å². The maximum atomic E-state index is 5.59. The van der Waals surface area contributed by atoms with Crippen molar-refractivity contribution in [1.29, 1.82) is 0 Å². The largest absolute Gasteiger partial charge is 0.376 e.